The van der Waals surface area contributed by atoms with Crippen LogP contribution in [0, 0.1) is 0 Å². The van der Waals surface area contributed by atoms with Crippen molar-refractivity contribution in [3.05, 3.63) is 88.7 Å². The number of hydrogen-bond donors (Lipinski definition) is 2. The number of thioether (sulfide) groups is 1. The summed E-state index contributed by atoms with van der Waals surface area (Å²) in [5.41, 5.74) is 2.47. The number of amides is 1. The maximum absolute atomic E-state index is 12.2. The van der Waals surface area contributed by atoms with Crippen LogP contribution in [0.4, 0.5) is 5.69 Å². The third kappa shape index (κ3) is 3.93. The molecule has 0 radical (unpaired) electrons. The molecule has 2 aromatic carbocycles. The molecule has 0 bridgehead atoms. The van der Waals surface area contributed by atoms with E-state index in [1.54, 1.807) is 24.3 Å². The fraction of sp³-hybridized carbons (Fsp3) is 0.0500. The van der Waals surface area contributed by atoms with Crippen molar-refractivity contribution < 1.29 is 9.21 Å². The molecule has 0 aliphatic rings. The molecule has 0 saturated carbocycles. The molecule has 2 N–H and O–H groups in total. The number of carbonyl (C=O) groups is 1. The van der Waals surface area contributed by atoms with Crippen LogP contribution in [0.2, 0.25) is 0 Å². The molecule has 2 aromatic heterocycles. The zero-order valence-corrected chi connectivity index (χ0v) is 15.0. The standard InChI is InChI=1S/C20H15N3O3S/c24-19-17(22-15-4-1-2-5-16(15)23-19)12-27-14-9-7-13(8-10-14)21-20(25)18-6-3-11-26-18/h1-11H,12H2,(H,21,25)(H,23,24). The third-order valence-corrected chi connectivity index (χ3v) is 4.93. The number of H-pyrrole nitrogens is 1. The Morgan fingerprint density at radius 1 is 1.07 bits per heavy atom. The Hall–Kier alpha value is -3.32. The summed E-state index contributed by atoms with van der Waals surface area (Å²) in [7, 11) is 0. The number of benzene rings is 2. The van der Waals surface area contributed by atoms with Crippen molar-refractivity contribution in [2.24, 2.45) is 0 Å². The number of nitrogens with zero attached hydrogens (tertiary/aromatic N) is 1. The van der Waals surface area contributed by atoms with E-state index >= 15 is 0 Å². The van der Waals surface area contributed by atoms with Gasteiger partial charge in [0.1, 0.15) is 5.69 Å². The second kappa shape index (κ2) is 7.51. The minimum absolute atomic E-state index is 0.177. The fourth-order valence-electron chi connectivity index (χ4n) is 2.55. The van der Waals surface area contributed by atoms with Gasteiger partial charge in [0.05, 0.1) is 17.3 Å². The summed E-state index contributed by atoms with van der Waals surface area (Å²) in [4.78, 5) is 32.4. The Kier molecular flexibility index (Phi) is 4.76. The molecule has 0 unspecified atom stereocenters. The van der Waals surface area contributed by atoms with Crippen LogP contribution < -0.4 is 10.9 Å². The lowest BCUT2D eigenvalue weighted by Gasteiger charge is -2.06. The summed E-state index contributed by atoms with van der Waals surface area (Å²) in [6, 6.07) is 18.1. The average molecular weight is 377 g/mol. The Balaban J connectivity index is 1.42. The van der Waals surface area contributed by atoms with Gasteiger partial charge in [-0.1, -0.05) is 12.1 Å². The average Bonchev–Trinajstić information content (AvgIpc) is 3.22. The van der Waals surface area contributed by atoms with Gasteiger partial charge < -0.3 is 14.7 Å². The number of rotatable bonds is 5. The molecule has 134 valence electrons. The Labute approximate surface area is 158 Å². The summed E-state index contributed by atoms with van der Waals surface area (Å²) >= 11 is 1.51. The molecule has 0 atom stereocenters. The second-order valence-corrected chi connectivity index (χ2v) is 6.82. The van der Waals surface area contributed by atoms with Crippen LogP contribution >= 0.6 is 11.8 Å². The predicted molar refractivity (Wildman–Crippen MR) is 105 cm³/mol. The predicted octanol–water partition coefficient (Wildman–Crippen LogP) is 4.06. The van der Waals surface area contributed by atoms with Gasteiger partial charge in [0.2, 0.25) is 0 Å². The van der Waals surface area contributed by atoms with E-state index in [9.17, 15) is 9.59 Å². The van der Waals surface area contributed by atoms with Crippen LogP contribution in [-0.2, 0) is 5.75 Å². The summed E-state index contributed by atoms with van der Waals surface area (Å²) < 4.78 is 5.06. The minimum Gasteiger partial charge on any atom is -0.459 e. The monoisotopic (exact) mass is 377 g/mol. The number of aromatic amines is 1. The summed E-state index contributed by atoms with van der Waals surface area (Å²) in [5, 5.41) is 2.77. The molecule has 2 heterocycles. The van der Waals surface area contributed by atoms with E-state index < -0.39 is 0 Å². The summed E-state index contributed by atoms with van der Waals surface area (Å²) in [6.45, 7) is 0. The van der Waals surface area contributed by atoms with E-state index in [2.05, 4.69) is 15.3 Å². The van der Waals surface area contributed by atoms with Gasteiger partial charge in [-0.3, -0.25) is 9.59 Å². The van der Waals surface area contributed by atoms with E-state index in [0.717, 1.165) is 15.9 Å². The first-order valence-corrected chi connectivity index (χ1v) is 9.23. The number of hydrogen-bond acceptors (Lipinski definition) is 5. The van der Waals surface area contributed by atoms with Crippen LogP contribution in [0.1, 0.15) is 16.2 Å². The van der Waals surface area contributed by atoms with Gasteiger partial charge in [-0.05, 0) is 48.5 Å². The summed E-state index contributed by atoms with van der Waals surface area (Å²) in [6.07, 6.45) is 1.46. The molecule has 0 aliphatic heterocycles. The van der Waals surface area contributed by atoms with Gasteiger partial charge >= 0.3 is 0 Å². The lowest BCUT2D eigenvalue weighted by atomic mass is 10.3. The molecule has 0 saturated heterocycles. The molecule has 0 aliphatic carbocycles. The smallest absolute Gasteiger partial charge is 0.291 e. The normalized spacial score (nSPS) is 10.8. The molecule has 0 spiro atoms. The van der Waals surface area contributed by atoms with Crippen molar-refractivity contribution in [2.45, 2.75) is 10.6 Å². The van der Waals surface area contributed by atoms with Crippen LogP contribution in [-0.4, -0.2) is 15.9 Å². The highest BCUT2D eigenvalue weighted by Crippen LogP contribution is 2.23. The molecular weight excluding hydrogens is 362 g/mol. The van der Waals surface area contributed by atoms with Crippen molar-refractivity contribution in [3.8, 4) is 0 Å². The largest absolute Gasteiger partial charge is 0.459 e. The first kappa shape index (κ1) is 17.1. The molecular formula is C20H15N3O3S. The van der Waals surface area contributed by atoms with Crippen molar-refractivity contribution in [3.63, 3.8) is 0 Å². The number of anilines is 1. The summed E-state index contributed by atoms with van der Waals surface area (Å²) in [5.74, 6) is 0.417. The van der Waals surface area contributed by atoms with Gasteiger partial charge in [0.25, 0.3) is 11.5 Å². The van der Waals surface area contributed by atoms with Gasteiger partial charge in [-0.2, -0.15) is 0 Å². The molecule has 7 heteroatoms. The molecule has 0 fully saturated rings. The lowest BCUT2D eigenvalue weighted by Crippen LogP contribution is -2.14. The first-order valence-electron chi connectivity index (χ1n) is 8.25. The molecule has 27 heavy (non-hydrogen) atoms. The lowest BCUT2D eigenvalue weighted by molar-refractivity contribution is 0.0996. The highest BCUT2D eigenvalue weighted by atomic mass is 32.2. The molecule has 6 nitrogen and oxygen atoms in total. The number of para-hydroxylation sites is 2. The maximum Gasteiger partial charge on any atom is 0.291 e. The van der Waals surface area contributed by atoms with Crippen molar-refractivity contribution >= 4 is 34.4 Å². The Bertz CT molecular complexity index is 1140. The number of furan rings is 1. The molecule has 4 aromatic rings. The van der Waals surface area contributed by atoms with E-state index in [1.165, 1.54) is 18.0 Å². The zero-order chi connectivity index (χ0) is 18.6. The quantitative estimate of drug-likeness (QED) is 0.512. The number of fused-ring (bicyclic) bond motifs is 1. The Morgan fingerprint density at radius 3 is 2.67 bits per heavy atom. The van der Waals surface area contributed by atoms with Crippen molar-refractivity contribution in [2.75, 3.05) is 5.32 Å². The van der Waals surface area contributed by atoms with Crippen LogP contribution in [0.25, 0.3) is 11.0 Å². The van der Waals surface area contributed by atoms with E-state index in [1.807, 2.05) is 36.4 Å². The number of nitrogens with one attached hydrogen (secondary N) is 2. The first-order chi connectivity index (χ1) is 13.2. The van der Waals surface area contributed by atoms with E-state index in [0.29, 0.717) is 17.1 Å². The van der Waals surface area contributed by atoms with E-state index in [4.69, 9.17) is 4.42 Å². The zero-order valence-electron chi connectivity index (χ0n) is 14.1. The number of aromatic nitrogens is 2. The maximum atomic E-state index is 12.2. The fourth-order valence-corrected chi connectivity index (χ4v) is 3.38. The molecule has 1 amide bonds. The van der Waals surface area contributed by atoms with Gasteiger partial charge in [0.15, 0.2) is 5.76 Å². The van der Waals surface area contributed by atoms with Gasteiger partial charge in [0, 0.05) is 16.3 Å². The number of carbonyl (C=O) groups excluding carboxylic acids is 1. The van der Waals surface area contributed by atoms with Crippen molar-refractivity contribution in [1.29, 1.82) is 0 Å². The van der Waals surface area contributed by atoms with E-state index in [-0.39, 0.29) is 17.2 Å². The Morgan fingerprint density at radius 2 is 1.89 bits per heavy atom. The highest BCUT2D eigenvalue weighted by molar-refractivity contribution is 7.98. The van der Waals surface area contributed by atoms with Gasteiger partial charge in [-0.25, -0.2) is 4.98 Å². The topological polar surface area (TPSA) is 88.0 Å². The minimum atomic E-state index is -0.299. The second-order valence-electron chi connectivity index (χ2n) is 5.77. The van der Waals surface area contributed by atoms with Crippen LogP contribution in [0.15, 0.2) is 81.0 Å². The SMILES string of the molecule is O=C(Nc1ccc(SCc2nc3ccccc3[nH]c2=O)cc1)c1ccco1. The van der Waals surface area contributed by atoms with Crippen molar-refractivity contribution in [1.82, 2.24) is 9.97 Å². The van der Waals surface area contributed by atoms with Crippen LogP contribution in [0.3, 0.4) is 0 Å². The van der Waals surface area contributed by atoms with Crippen LogP contribution in [0.5, 0.6) is 0 Å². The highest BCUT2D eigenvalue weighted by Gasteiger charge is 2.09. The third-order valence-electron chi connectivity index (χ3n) is 3.90. The van der Waals surface area contributed by atoms with Gasteiger partial charge in [-0.15, -0.1) is 11.8 Å². The molecule has 4 rings (SSSR count).